The lowest BCUT2D eigenvalue weighted by atomic mass is 10.1. The van der Waals surface area contributed by atoms with E-state index in [-0.39, 0.29) is 0 Å². The van der Waals surface area contributed by atoms with Crippen LogP contribution in [0.1, 0.15) is 31.4 Å². The van der Waals surface area contributed by atoms with Gasteiger partial charge in [0.2, 0.25) is 0 Å². The summed E-state index contributed by atoms with van der Waals surface area (Å²) in [7, 11) is 4.18. The minimum Gasteiger partial charge on any atom is -0.377 e. The molecule has 0 aliphatic carbocycles. The van der Waals surface area contributed by atoms with E-state index in [2.05, 4.69) is 62.4 Å². The third-order valence-electron chi connectivity index (χ3n) is 3.33. The highest BCUT2D eigenvalue weighted by molar-refractivity contribution is 5.22. The molecule has 0 unspecified atom stereocenters. The molecule has 0 amide bonds. The molecular formula is C18H32N2O. The minimum atomic E-state index is 0.719. The van der Waals surface area contributed by atoms with Crippen molar-refractivity contribution in [3.63, 3.8) is 0 Å². The molecule has 0 spiro atoms. The highest BCUT2D eigenvalue weighted by atomic mass is 16.5. The lowest BCUT2D eigenvalue weighted by Gasteiger charge is -2.10. The molecule has 0 heterocycles. The molecular weight excluding hydrogens is 260 g/mol. The Morgan fingerprint density at radius 1 is 1.10 bits per heavy atom. The second kappa shape index (κ2) is 10.8. The first-order valence-corrected chi connectivity index (χ1v) is 8.09. The molecule has 1 aromatic carbocycles. The van der Waals surface area contributed by atoms with Gasteiger partial charge >= 0.3 is 0 Å². The van der Waals surface area contributed by atoms with E-state index < -0.39 is 0 Å². The van der Waals surface area contributed by atoms with Crippen molar-refractivity contribution in [2.75, 3.05) is 40.3 Å². The fourth-order valence-corrected chi connectivity index (χ4v) is 2.10. The van der Waals surface area contributed by atoms with E-state index in [1.54, 1.807) is 0 Å². The van der Waals surface area contributed by atoms with E-state index >= 15 is 0 Å². The van der Waals surface area contributed by atoms with E-state index in [9.17, 15) is 0 Å². The van der Waals surface area contributed by atoms with Gasteiger partial charge in [-0.2, -0.15) is 0 Å². The van der Waals surface area contributed by atoms with Crippen LogP contribution in [-0.4, -0.2) is 45.2 Å². The molecule has 3 nitrogen and oxygen atoms in total. The minimum absolute atomic E-state index is 0.719. The highest BCUT2D eigenvalue weighted by Gasteiger charge is 1.98. The predicted octanol–water partition coefficient (Wildman–Crippen LogP) is 2.94. The van der Waals surface area contributed by atoms with Crippen molar-refractivity contribution in [3.05, 3.63) is 35.4 Å². The molecule has 0 aromatic heterocycles. The molecule has 0 fully saturated rings. The van der Waals surface area contributed by atoms with E-state index in [0.29, 0.717) is 0 Å². The fraction of sp³-hybridized carbons (Fsp3) is 0.667. The Balaban J connectivity index is 2.15. The normalized spacial score (nSPS) is 11.5. The van der Waals surface area contributed by atoms with Gasteiger partial charge in [-0.1, -0.05) is 38.1 Å². The molecule has 3 heteroatoms. The van der Waals surface area contributed by atoms with Gasteiger partial charge in [-0.3, -0.25) is 0 Å². The van der Waals surface area contributed by atoms with Crippen LogP contribution in [0.15, 0.2) is 24.3 Å². The highest BCUT2D eigenvalue weighted by Crippen LogP contribution is 2.06. The molecule has 1 aromatic rings. The van der Waals surface area contributed by atoms with Crippen molar-refractivity contribution in [2.45, 2.75) is 33.3 Å². The topological polar surface area (TPSA) is 24.5 Å². The quantitative estimate of drug-likeness (QED) is 0.635. The summed E-state index contributed by atoms with van der Waals surface area (Å²) in [6.45, 7) is 9.26. The maximum atomic E-state index is 5.70. The Morgan fingerprint density at radius 3 is 2.38 bits per heavy atom. The van der Waals surface area contributed by atoms with Gasteiger partial charge in [-0.05, 0) is 63.6 Å². The van der Waals surface area contributed by atoms with E-state index in [1.807, 2.05) is 0 Å². The van der Waals surface area contributed by atoms with E-state index in [0.717, 1.165) is 51.6 Å². The number of rotatable bonds is 11. The molecule has 0 bridgehead atoms. The molecule has 0 atom stereocenters. The van der Waals surface area contributed by atoms with Crippen LogP contribution in [0.3, 0.4) is 0 Å². The van der Waals surface area contributed by atoms with Crippen molar-refractivity contribution in [3.8, 4) is 0 Å². The summed E-state index contributed by atoms with van der Waals surface area (Å²) >= 11 is 0. The van der Waals surface area contributed by atoms with Crippen LogP contribution in [0.4, 0.5) is 0 Å². The second-order valence-corrected chi connectivity index (χ2v) is 6.37. The SMILES string of the molecule is CC(C)CNCCc1ccc(COCCCN(C)C)cc1. The summed E-state index contributed by atoms with van der Waals surface area (Å²) in [5.41, 5.74) is 2.65. The summed E-state index contributed by atoms with van der Waals surface area (Å²) < 4.78 is 5.70. The predicted molar refractivity (Wildman–Crippen MR) is 90.7 cm³/mol. The Morgan fingerprint density at radius 2 is 1.76 bits per heavy atom. The monoisotopic (exact) mass is 292 g/mol. The third kappa shape index (κ3) is 9.62. The molecule has 0 radical (unpaired) electrons. The van der Waals surface area contributed by atoms with E-state index in [1.165, 1.54) is 11.1 Å². The van der Waals surface area contributed by atoms with Gasteiger partial charge in [0, 0.05) is 6.61 Å². The fourth-order valence-electron chi connectivity index (χ4n) is 2.10. The number of benzene rings is 1. The van der Waals surface area contributed by atoms with Gasteiger partial charge in [-0.25, -0.2) is 0 Å². The Kier molecular flexibility index (Phi) is 9.31. The summed E-state index contributed by atoms with van der Waals surface area (Å²) in [6.07, 6.45) is 2.18. The molecule has 0 saturated carbocycles. The van der Waals surface area contributed by atoms with E-state index in [4.69, 9.17) is 4.74 Å². The zero-order chi connectivity index (χ0) is 15.5. The average molecular weight is 292 g/mol. The molecule has 0 saturated heterocycles. The number of hydrogen-bond donors (Lipinski definition) is 1. The van der Waals surface area contributed by atoms with Crippen LogP contribution in [0.25, 0.3) is 0 Å². The van der Waals surface area contributed by atoms with Crippen LogP contribution in [-0.2, 0) is 17.8 Å². The lowest BCUT2D eigenvalue weighted by molar-refractivity contribution is 0.113. The lowest BCUT2D eigenvalue weighted by Crippen LogP contribution is -2.22. The number of nitrogens with one attached hydrogen (secondary N) is 1. The van der Waals surface area contributed by atoms with Gasteiger partial charge in [0.15, 0.2) is 0 Å². The Bertz CT molecular complexity index is 360. The number of nitrogens with zero attached hydrogens (tertiary/aromatic N) is 1. The van der Waals surface area contributed by atoms with Crippen molar-refractivity contribution in [1.29, 1.82) is 0 Å². The summed E-state index contributed by atoms with van der Waals surface area (Å²) in [5, 5.41) is 3.48. The van der Waals surface area contributed by atoms with Crippen molar-refractivity contribution < 1.29 is 4.74 Å². The standard InChI is InChI=1S/C18H32N2O/c1-16(2)14-19-11-10-17-6-8-18(9-7-17)15-21-13-5-12-20(3)4/h6-9,16,19H,5,10-15H2,1-4H3. The zero-order valence-electron chi connectivity index (χ0n) is 14.2. The average Bonchev–Trinajstić information content (AvgIpc) is 2.44. The van der Waals surface area contributed by atoms with Crippen LogP contribution in [0.2, 0.25) is 0 Å². The van der Waals surface area contributed by atoms with Crippen molar-refractivity contribution >= 4 is 0 Å². The van der Waals surface area contributed by atoms with Crippen LogP contribution < -0.4 is 5.32 Å². The third-order valence-corrected chi connectivity index (χ3v) is 3.33. The zero-order valence-corrected chi connectivity index (χ0v) is 14.2. The summed E-state index contributed by atoms with van der Waals surface area (Å²) in [5.74, 6) is 0.719. The number of ether oxygens (including phenoxy) is 1. The Hall–Kier alpha value is -0.900. The van der Waals surface area contributed by atoms with Crippen molar-refractivity contribution in [1.82, 2.24) is 10.2 Å². The molecule has 0 aliphatic rings. The van der Waals surface area contributed by atoms with Gasteiger partial charge < -0.3 is 15.0 Å². The van der Waals surface area contributed by atoms with Crippen LogP contribution >= 0.6 is 0 Å². The first-order valence-electron chi connectivity index (χ1n) is 8.09. The molecule has 120 valence electrons. The second-order valence-electron chi connectivity index (χ2n) is 6.37. The molecule has 1 rings (SSSR count). The van der Waals surface area contributed by atoms with Gasteiger partial charge in [0.1, 0.15) is 0 Å². The largest absolute Gasteiger partial charge is 0.377 e. The maximum absolute atomic E-state index is 5.70. The smallest absolute Gasteiger partial charge is 0.0716 e. The van der Waals surface area contributed by atoms with Crippen LogP contribution in [0.5, 0.6) is 0 Å². The van der Waals surface area contributed by atoms with Gasteiger partial charge in [-0.15, -0.1) is 0 Å². The molecule has 1 N–H and O–H groups in total. The first kappa shape index (κ1) is 18.1. The summed E-state index contributed by atoms with van der Waals surface area (Å²) in [4.78, 5) is 2.19. The number of hydrogen-bond acceptors (Lipinski definition) is 3. The Labute approximate surface area is 130 Å². The molecule has 21 heavy (non-hydrogen) atoms. The van der Waals surface area contributed by atoms with Crippen molar-refractivity contribution in [2.24, 2.45) is 5.92 Å². The molecule has 0 aliphatic heterocycles. The van der Waals surface area contributed by atoms with Gasteiger partial charge in [0.25, 0.3) is 0 Å². The summed E-state index contributed by atoms with van der Waals surface area (Å²) in [6, 6.07) is 8.80. The van der Waals surface area contributed by atoms with Gasteiger partial charge in [0.05, 0.1) is 6.61 Å². The first-order chi connectivity index (χ1) is 10.1. The van der Waals surface area contributed by atoms with Crippen LogP contribution in [0, 0.1) is 5.92 Å². The maximum Gasteiger partial charge on any atom is 0.0716 e.